The first-order valence-electron chi connectivity index (χ1n) is 5.02. The fourth-order valence-corrected chi connectivity index (χ4v) is 2.13. The molecule has 2 aliphatic carbocycles. The van der Waals surface area contributed by atoms with Crippen molar-refractivity contribution in [2.45, 2.75) is 0 Å². The zero-order chi connectivity index (χ0) is 12.0. The fourth-order valence-electron chi connectivity index (χ4n) is 2.13. The predicted molar refractivity (Wildman–Crippen MR) is 61.4 cm³/mol. The molecule has 1 aliphatic heterocycles. The Hall–Kier alpha value is -2.85. The van der Waals surface area contributed by atoms with E-state index in [9.17, 15) is 0 Å². The molecule has 1 heterocycles. The number of hydrogen-bond acceptors (Lipinski definition) is 3. The van der Waals surface area contributed by atoms with Crippen LogP contribution in [0.1, 0.15) is 0 Å². The van der Waals surface area contributed by atoms with Gasteiger partial charge in [-0.1, -0.05) is 18.2 Å². The summed E-state index contributed by atoms with van der Waals surface area (Å²) >= 11 is 0. The normalized spacial score (nSPS) is 20.2. The van der Waals surface area contributed by atoms with E-state index in [1.54, 1.807) is 0 Å². The highest BCUT2D eigenvalue weighted by atomic mass is 15.0. The summed E-state index contributed by atoms with van der Waals surface area (Å²) in [7, 11) is 0. The summed E-state index contributed by atoms with van der Waals surface area (Å²) in [6.07, 6.45) is 7.24. The number of allylic oxidation sites excluding steroid dienone is 7. The van der Waals surface area contributed by atoms with E-state index in [1.807, 2.05) is 24.3 Å². The summed E-state index contributed by atoms with van der Waals surface area (Å²) in [6, 6.07) is 4.01. The first-order valence-corrected chi connectivity index (χ1v) is 5.02. The van der Waals surface area contributed by atoms with E-state index in [1.165, 1.54) is 6.08 Å². The van der Waals surface area contributed by atoms with Crippen LogP contribution >= 0.6 is 0 Å². The molecule has 3 aliphatic rings. The fraction of sp³-hybridized carbons (Fsp3) is 0. The van der Waals surface area contributed by atoms with Gasteiger partial charge in [-0.25, -0.2) is 0 Å². The minimum atomic E-state index is 0.0390. The molecule has 78 valence electrons. The monoisotopic (exact) mass is 218 g/mol. The third-order valence-electron chi connectivity index (χ3n) is 2.92. The molecule has 0 amide bonds. The second kappa shape index (κ2) is 3.07. The molecule has 0 saturated heterocycles. The molecule has 0 bridgehead atoms. The van der Waals surface area contributed by atoms with Crippen LogP contribution in [-0.4, -0.2) is 5.84 Å². The van der Waals surface area contributed by atoms with Crippen LogP contribution in [0.4, 0.5) is 0 Å². The van der Waals surface area contributed by atoms with Crippen molar-refractivity contribution in [2.24, 2.45) is 0 Å². The van der Waals surface area contributed by atoms with Crippen molar-refractivity contribution >= 4 is 5.84 Å². The standard InChI is InChI=1S/C13H6N4/c14-5-7-4-8(6-15)13(16)17-12-10-3-1-2-9(10)11(7)12/h1-4H,(H2,16,17). The Morgan fingerprint density at radius 3 is 2.76 bits per heavy atom. The molecule has 3 rings (SSSR count). The quantitative estimate of drug-likeness (QED) is 0.647. The number of fused-ring (bicyclic) bond motifs is 3. The lowest BCUT2D eigenvalue weighted by molar-refractivity contribution is 1.05. The Morgan fingerprint density at radius 2 is 2.06 bits per heavy atom. The summed E-state index contributed by atoms with van der Waals surface area (Å²) in [5.41, 5.74) is 4.21. The maximum Gasteiger partial charge on any atom is 0.140 e. The molecule has 4 heteroatoms. The molecule has 17 heavy (non-hydrogen) atoms. The molecule has 0 radical (unpaired) electrons. The van der Waals surface area contributed by atoms with Crippen LogP contribution < -0.4 is 5.32 Å². The third-order valence-corrected chi connectivity index (χ3v) is 2.92. The van der Waals surface area contributed by atoms with E-state index in [0.29, 0.717) is 5.57 Å². The number of nitrogens with zero attached hydrogens (tertiary/aromatic N) is 2. The van der Waals surface area contributed by atoms with Gasteiger partial charge in [0.2, 0.25) is 0 Å². The van der Waals surface area contributed by atoms with Gasteiger partial charge in [0.1, 0.15) is 11.9 Å². The van der Waals surface area contributed by atoms with Crippen molar-refractivity contribution in [1.29, 1.82) is 15.9 Å². The molecule has 0 aromatic heterocycles. The van der Waals surface area contributed by atoms with Gasteiger partial charge in [0.15, 0.2) is 0 Å². The molecule has 2 N–H and O–H groups in total. The summed E-state index contributed by atoms with van der Waals surface area (Å²) in [4.78, 5) is 0. The van der Waals surface area contributed by atoms with Crippen molar-refractivity contribution in [2.75, 3.05) is 0 Å². The summed E-state index contributed by atoms with van der Waals surface area (Å²) in [5, 5.41) is 28.7. The Labute approximate surface area is 97.7 Å². The van der Waals surface area contributed by atoms with Gasteiger partial charge < -0.3 is 5.32 Å². The molecule has 4 nitrogen and oxygen atoms in total. The molecular formula is C13H6N4. The topological polar surface area (TPSA) is 83.5 Å². The number of hydrogen-bond donors (Lipinski definition) is 2. The summed E-state index contributed by atoms with van der Waals surface area (Å²) < 4.78 is 0. The molecule has 0 saturated carbocycles. The van der Waals surface area contributed by atoms with Crippen molar-refractivity contribution < 1.29 is 0 Å². The van der Waals surface area contributed by atoms with Crippen LogP contribution in [0, 0.1) is 28.1 Å². The second-order valence-electron chi connectivity index (χ2n) is 3.80. The lowest BCUT2D eigenvalue weighted by Crippen LogP contribution is -2.29. The van der Waals surface area contributed by atoms with Gasteiger partial charge in [0, 0.05) is 11.1 Å². The van der Waals surface area contributed by atoms with Gasteiger partial charge in [-0.2, -0.15) is 10.5 Å². The molecule has 0 aromatic rings. The Kier molecular flexibility index (Phi) is 1.69. The number of nitrogens with one attached hydrogen (secondary N) is 2. The molecular weight excluding hydrogens is 212 g/mol. The van der Waals surface area contributed by atoms with E-state index in [-0.39, 0.29) is 11.4 Å². The zero-order valence-corrected chi connectivity index (χ0v) is 8.70. The number of amidine groups is 1. The summed E-state index contributed by atoms with van der Waals surface area (Å²) in [6.45, 7) is 0. The minimum Gasteiger partial charge on any atom is -0.339 e. The molecule has 0 atom stereocenters. The van der Waals surface area contributed by atoms with Crippen molar-refractivity contribution in [3.8, 4) is 12.1 Å². The zero-order valence-electron chi connectivity index (χ0n) is 8.70. The average Bonchev–Trinajstić information content (AvgIpc) is 2.69. The summed E-state index contributed by atoms with van der Waals surface area (Å²) in [5.74, 6) is 0.0390. The van der Waals surface area contributed by atoms with Gasteiger partial charge >= 0.3 is 0 Å². The first kappa shape index (κ1) is 9.38. The van der Waals surface area contributed by atoms with Gasteiger partial charge in [-0.05, 0) is 11.6 Å². The molecule has 0 fully saturated rings. The van der Waals surface area contributed by atoms with E-state index in [0.717, 1.165) is 22.4 Å². The van der Waals surface area contributed by atoms with E-state index in [4.69, 9.17) is 15.9 Å². The van der Waals surface area contributed by atoms with Gasteiger partial charge in [-0.15, -0.1) is 0 Å². The molecule has 0 aromatic carbocycles. The molecule has 0 spiro atoms. The Morgan fingerprint density at radius 1 is 1.24 bits per heavy atom. The van der Waals surface area contributed by atoms with Crippen LogP contribution in [-0.2, 0) is 0 Å². The number of nitriles is 2. The Balaban J connectivity index is 2.27. The third kappa shape index (κ3) is 1.07. The average molecular weight is 218 g/mol. The van der Waals surface area contributed by atoms with Crippen molar-refractivity contribution in [3.05, 3.63) is 57.9 Å². The lowest BCUT2D eigenvalue weighted by atomic mass is 9.81. The highest BCUT2D eigenvalue weighted by molar-refractivity contribution is 6.04. The van der Waals surface area contributed by atoms with Gasteiger partial charge in [-0.3, -0.25) is 5.41 Å². The molecule has 0 unspecified atom stereocenters. The smallest absolute Gasteiger partial charge is 0.140 e. The van der Waals surface area contributed by atoms with Crippen LogP contribution in [0.5, 0.6) is 0 Å². The van der Waals surface area contributed by atoms with Crippen molar-refractivity contribution in [3.63, 3.8) is 0 Å². The van der Waals surface area contributed by atoms with Crippen molar-refractivity contribution in [1.82, 2.24) is 5.32 Å². The van der Waals surface area contributed by atoms with E-state index >= 15 is 0 Å². The first-order chi connectivity index (χ1) is 8.26. The maximum absolute atomic E-state index is 9.13. The predicted octanol–water partition coefficient (Wildman–Crippen LogP) is 1.60. The second-order valence-corrected chi connectivity index (χ2v) is 3.80. The van der Waals surface area contributed by atoms with E-state index in [2.05, 4.69) is 11.4 Å². The largest absolute Gasteiger partial charge is 0.339 e. The Bertz CT molecular complexity index is 697. The minimum absolute atomic E-state index is 0.0390. The highest BCUT2D eigenvalue weighted by Gasteiger charge is 2.34. The lowest BCUT2D eigenvalue weighted by Gasteiger charge is -2.27. The SMILES string of the molecule is N#CC1=CC(C#N)=C2C3=CC=CC3=C2NC1=N. The van der Waals surface area contributed by atoms with E-state index < -0.39 is 0 Å². The van der Waals surface area contributed by atoms with Crippen LogP contribution in [0.2, 0.25) is 0 Å². The van der Waals surface area contributed by atoms with Gasteiger partial charge in [0.25, 0.3) is 0 Å². The highest BCUT2D eigenvalue weighted by Crippen LogP contribution is 2.44. The van der Waals surface area contributed by atoms with Crippen LogP contribution in [0.15, 0.2) is 57.9 Å². The maximum atomic E-state index is 9.13. The number of rotatable bonds is 0. The van der Waals surface area contributed by atoms with Gasteiger partial charge in [0.05, 0.1) is 22.9 Å². The van der Waals surface area contributed by atoms with Crippen LogP contribution in [0.3, 0.4) is 0 Å². The van der Waals surface area contributed by atoms with Crippen LogP contribution in [0.25, 0.3) is 0 Å².